The largest absolute Gasteiger partial charge is 0.489 e. The van der Waals surface area contributed by atoms with E-state index in [1.165, 1.54) is 5.56 Å². The molecule has 2 amide bonds. The summed E-state index contributed by atoms with van der Waals surface area (Å²) in [6, 6.07) is 3.93. The number of imide groups is 1. The van der Waals surface area contributed by atoms with Crippen LogP contribution >= 0.6 is 11.8 Å². The summed E-state index contributed by atoms with van der Waals surface area (Å²) in [5.74, 6) is 2.31. The minimum Gasteiger partial charge on any atom is -0.489 e. The van der Waals surface area contributed by atoms with E-state index in [-0.39, 0.29) is 11.1 Å². The van der Waals surface area contributed by atoms with Crippen molar-refractivity contribution in [2.24, 2.45) is 0 Å². The number of hydrogen-bond donors (Lipinski definition) is 1. The molecule has 1 unspecified atom stereocenters. The molecule has 2 aliphatic heterocycles. The maximum absolute atomic E-state index is 11.9. The number of ether oxygens (including phenoxy) is 3. The number of hydrogen-bond acceptors (Lipinski definition) is 6. The molecule has 6 nitrogen and oxygen atoms in total. The summed E-state index contributed by atoms with van der Waals surface area (Å²) in [5.41, 5.74) is 6.82. The van der Waals surface area contributed by atoms with Crippen LogP contribution < -0.4 is 19.5 Å². The Morgan fingerprint density at radius 3 is 2.36 bits per heavy atom. The highest BCUT2D eigenvalue weighted by molar-refractivity contribution is 8.18. The zero-order valence-electron chi connectivity index (χ0n) is 21.8. The molecule has 4 rings (SSSR count). The fraction of sp³-hybridized carbons (Fsp3) is 0.379. The molecule has 1 saturated heterocycles. The van der Waals surface area contributed by atoms with Crippen LogP contribution in [0.25, 0.3) is 6.08 Å². The van der Waals surface area contributed by atoms with Crippen molar-refractivity contribution in [3.05, 3.63) is 68.6 Å². The molecule has 2 aromatic carbocycles. The van der Waals surface area contributed by atoms with E-state index in [0.717, 1.165) is 75.2 Å². The number of thioether (sulfide) groups is 1. The van der Waals surface area contributed by atoms with E-state index in [0.29, 0.717) is 18.1 Å². The van der Waals surface area contributed by atoms with Crippen LogP contribution in [-0.4, -0.2) is 30.0 Å². The van der Waals surface area contributed by atoms with Crippen molar-refractivity contribution in [2.75, 3.05) is 13.2 Å². The van der Waals surface area contributed by atoms with Gasteiger partial charge < -0.3 is 14.2 Å². The minimum absolute atomic E-state index is 0.344. The van der Waals surface area contributed by atoms with E-state index in [9.17, 15) is 9.59 Å². The van der Waals surface area contributed by atoms with Gasteiger partial charge in [-0.1, -0.05) is 12.7 Å². The summed E-state index contributed by atoms with van der Waals surface area (Å²) in [4.78, 5) is 23.7. The van der Waals surface area contributed by atoms with E-state index in [1.54, 1.807) is 12.2 Å². The van der Waals surface area contributed by atoms with Gasteiger partial charge in [0.25, 0.3) is 11.1 Å². The Balaban J connectivity index is 1.53. The highest BCUT2D eigenvalue weighted by atomic mass is 32.2. The van der Waals surface area contributed by atoms with Gasteiger partial charge in [-0.2, -0.15) is 0 Å². The Morgan fingerprint density at radius 2 is 1.75 bits per heavy atom. The number of carbonyl (C=O) groups excluding carboxylic acids is 2. The number of nitrogens with one attached hydrogen (secondary N) is 1. The van der Waals surface area contributed by atoms with Gasteiger partial charge in [0.2, 0.25) is 0 Å². The SMILES string of the molecule is C=CCOc1c(C)c(C)c2c(c1C)CCC(C)(COc1c(C)cc(/C=C3\SC(=O)NC3=O)cc1C)O2. The smallest absolute Gasteiger partial charge is 0.290 e. The molecule has 1 fully saturated rings. The first-order valence-corrected chi connectivity index (χ1v) is 12.9. The monoisotopic (exact) mass is 507 g/mol. The fourth-order valence-electron chi connectivity index (χ4n) is 4.83. The van der Waals surface area contributed by atoms with Gasteiger partial charge >= 0.3 is 0 Å². The first kappa shape index (κ1) is 25.9. The Kier molecular flexibility index (Phi) is 7.23. The van der Waals surface area contributed by atoms with Crippen LogP contribution in [0.5, 0.6) is 17.2 Å². The number of amides is 2. The van der Waals surface area contributed by atoms with Gasteiger partial charge in [0.15, 0.2) is 0 Å². The summed E-state index contributed by atoms with van der Waals surface area (Å²) in [6.45, 7) is 17.0. The van der Waals surface area contributed by atoms with Crippen molar-refractivity contribution in [1.29, 1.82) is 0 Å². The molecule has 0 saturated carbocycles. The molecule has 2 aliphatic rings. The molecule has 2 aromatic rings. The number of carbonyl (C=O) groups is 2. The van der Waals surface area contributed by atoms with Crippen LogP contribution in [0, 0.1) is 34.6 Å². The number of aryl methyl sites for hydroxylation is 2. The molecular formula is C29H33NO5S. The van der Waals surface area contributed by atoms with Crippen LogP contribution in [0.1, 0.15) is 52.3 Å². The lowest BCUT2D eigenvalue weighted by molar-refractivity contribution is -0.115. The second kappa shape index (κ2) is 10.1. The average Bonchev–Trinajstić information content (AvgIpc) is 3.13. The Hall–Kier alpha value is -3.19. The standard InChI is InChI=1S/C29H33NO5S/c1-8-11-33-25-18(4)19(5)26-22(20(25)6)9-10-29(7,35-26)15-34-24-16(2)12-21(13-17(24)3)14-23-27(31)30-28(32)36-23/h8,12-14H,1,9-11,15H2,2-7H3,(H,30,31,32)/b23-14-. The molecule has 7 heteroatoms. The van der Waals surface area contributed by atoms with Gasteiger partial charge in [0.05, 0.1) is 4.91 Å². The van der Waals surface area contributed by atoms with Gasteiger partial charge in [-0.25, -0.2) is 0 Å². The fourth-order valence-corrected chi connectivity index (χ4v) is 5.52. The van der Waals surface area contributed by atoms with Gasteiger partial charge in [0, 0.05) is 5.56 Å². The van der Waals surface area contributed by atoms with Crippen LogP contribution in [0.3, 0.4) is 0 Å². The minimum atomic E-state index is -0.474. The molecule has 0 bridgehead atoms. The third kappa shape index (κ3) is 5.03. The maximum Gasteiger partial charge on any atom is 0.290 e. The van der Waals surface area contributed by atoms with Crippen LogP contribution in [0.15, 0.2) is 29.7 Å². The van der Waals surface area contributed by atoms with Gasteiger partial charge in [-0.15, -0.1) is 0 Å². The molecule has 0 aromatic heterocycles. The second-order valence-corrected chi connectivity index (χ2v) is 10.8. The van der Waals surface area contributed by atoms with E-state index in [1.807, 2.05) is 26.0 Å². The molecule has 0 spiro atoms. The number of rotatable bonds is 7. The van der Waals surface area contributed by atoms with Crippen LogP contribution in [0.4, 0.5) is 4.79 Å². The third-order valence-corrected chi connectivity index (χ3v) is 7.66. The summed E-state index contributed by atoms with van der Waals surface area (Å²) in [5, 5.41) is 1.94. The number of benzene rings is 2. The summed E-state index contributed by atoms with van der Waals surface area (Å²) in [7, 11) is 0. The van der Waals surface area contributed by atoms with Gasteiger partial charge in [0.1, 0.15) is 36.1 Å². The molecule has 190 valence electrons. The highest BCUT2D eigenvalue weighted by Crippen LogP contribution is 2.44. The number of fused-ring (bicyclic) bond motifs is 1. The molecule has 36 heavy (non-hydrogen) atoms. The Bertz CT molecular complexity index is 1270. The van der Waals surface area contributed by atoms with E-state index >= 15 is 0 Å². The molecule has 1 atom stereocenters. The Morgan fingerprint density at radius 1 is 1.06 bits per heavy atom. The summed E-state index contributed by atoms with van der Waals surface area (Å²) < 4.78 is 18.9. The van der Waals surface area contributed by atoms with Crippen molar-refractivity contribution < 1.29 is 23.8 Å². The van der Waals surface area contributed by atoms with E-state index in [4.69, 9.17) is 14.2 Å². The van der Waals surface area contributed by atoms with Crippen LogP contribution in [-0.2, 0) is 11.2 Å². The van der Waals surface area contributed by atoms with Crippen molar-refractivity contribution in [2.45, 2.75) is 60.0 Å². The Labute approximate surface area is 217 Å². The lowest BCUT2D eigenvalue weighted by atomic mass is 9.87. The van der Waals surface area contributed by atoms with Gasteiger partial charge in [-0.3, -0.25) is 14.9 Å². The van der Waals surface area contributed by atoms with Crippen molar-refractivity contribution in [3.63, 3.8) is 0 Å². The molecular weight excluding hydrogens is 474 g/mol. The maximum atomic E-state index is 11.9. The topological polar surface area (TPSA) is 73.9 Å². The lowest BCUT2D eigenvalue weighted by Crippen LogP contribution is -2.42. The molecule has 1 N–H and O–H groups in total. The predicted molar refractivity (Wildman–Crippen MR) is 144 cm³/mol. The predicted octanol–water partition coefficient (Wildman–Crippen LogP) is 6.28. The van der Waals surface area contributed by atoms with Crippen LogP contribution in [0.2, 0.25) is 0 Å². The zero-order chi connectivity index (χ0) is 26.2. The normalized spacial score (nSPS) is 20.1. The van der Waals surface area contributed by atoms with Crippen molar-refractivity contribution in [3.8, 4) is 17.2 Å². The average molecular weight is 508 g/mol. The first-order valence-electron chi connectivity index (χ1n) is 12.1. The summed E-state index contributed by atoms with van der Waals surface area (Å²) in [6.07, 6.45) is 5.21. The zero-order valence-corrected chi connectivity index (χ0v) is 22.6. The van der Waals surface area contributed by atoms with Crippen molar-refractivity contribution >= 4 is 29.0 Å². The van der Waals surface area contributed by atoms with E-state index < -0.39 is 5.60 Å². The molecule has 0 aliphatic carbocycles. The highest BCUT2D eigenvalue weighted by Gasteiger charge is 2.36. The summed E-state index contributed by atoms with van der Waals surface area (Å²) >= 11 is 0.917. The molecule has 0 radical (unpaired) electrons. The van der Waals surface area contributed by atoms with Crippen molar-refractivity contribution in [1.82, 2.24) is 5.32 Å². The van der Waals surface area contributed by atoms with Gasteiger partial charge in [-0.05, 0) is 118 Å². The lowest BCUT2D eigenvalue weighted by Gasteiger charge is -2.38. The van der Waals surface area contributed by atoms with E-state index in [2.05, 4.69) is 39.6 Å². The second-order valence-electron chi connectivity index (χ2n) is 9.79. The quantitative estimate of drug-likeness (QED) is 0.351. The molecule has 2 heterocycles. The first-order chi connectivity index (χ1) is 17.0. The third-order valence-electron chi connectivity index (χ3n) is 6.85.